The molecule has 1 unspecified atom stereocenters. The summed E-state index contributed by atoms with van der Waals surface area (Å²) in [5.74, 6) is 0.729. The van der Waals surface area contributed by atoms with E-state index in [1.54, 1.807) is 0 Å². The molecule has 0 spiro atoms. The van der Waals surface area contributed by atoms with Crippen molar-refractivity contribution in [1.82, 2.24) is 0 Å². The van der Waals surface area contributed by atoms with E-state index in [0.717, 1.165) is 6.42 Å². The average Bonchev–Trinajstić information content (AvgIpc) is 2.47. The minimum Gasteiger partial charge on any atom is -0.396 e. The molecule has 1 N–H and O–H groups in total. The van der Waals surface area contributed by atoms with E-state index in [1.165, 1.54) is 22.3 Å². The lowest BCUT2D eigenvalue weighted by Crippen LogP contribution is -2.08. The van der Waals surface area contributed by atoms with Gasteiger partial charge in [0.1, 0.15) is 0 Å². The SMILES string of the molecule is Cc1ccc(CC(CO)c2ccc(C(C)C)cc2)cc1. The van der Waals surface area contributed by atoms with Gasteiger partial charge in [0.05, 0.1) is 6.61 Å². The Balaban J connectivity index is 2.13. The molecule has 0 saturated carbocycles. The average molecular weight is 268 g/mol. The van der Waals surface area contributed by atoms with Gasteiger partial charge in [0.15, 0.2) is 0 Å². The third-order valence-electron chi connectivity index (χ3n) is 3.90. The molecule has 2 rings (SSSR count). The molecule has 1 heteroatoms. The largest absolute Gasteiger partial charge is 0.396 e. The second kappa shape index (κ2) is 6.71. The van der Waals surface area contributed by atoms with Gasteiger partial charge in [-0.2, -0.15) is 0 Å². The molecule has 0 aliphatic heterocycles. The van der Waals surface area contributed by atoms with Crippen molar-refractivity contribution >= 4 is 0 Å². The Labute approximate surface area is 122 Å². The quantitative estimate of drug-likeness (QED) is 0.850. The molecule has 0 fully saturated rings. The second-order valence-electron chi connectivity index (χ2n) is 5.89. The van der Waals surface area contributed by atoms with Crippen LogP contribution in [-0.4, -0.2) is 11.7 Å². The van der Waals surface area contributed by atoms with Crippen LogP contribution in [-0.2, 0) is 6.42 Å². The number of hydrogen-bond acceptors (Lipinski definition) is 1. The van der Waals surface area contributed by atoms with Crippen molar-refractivity contribution in [2.75, 3.05) is 6.61 Å². The number of aryl methyl sites for hydroxylation is 1. The normalized spacial score (nSPS) is 12.7. The zero-order valence-corrected chi connectivity index (χ0v) is 12.6. The Morgan fingerprint density at radius 3 is 1.90 bits per heavy atom. The molecule has 0 radical (unpaired) electrons. The first kappa shape index (κ1) is 14.8. The van der Waals surface area contributed by atoms with Gasteiger partial charge in [-0.1, -0.05) is 67.9 Å². The summed E-state index contributed by atoms with van der Waals surface area (Å²) in [5.41, 5.74) is 5.12. The fourth-order valence-corrected chi connectivity index (χ4v) is 2.45. The number of aliphatic hydroxyl groups excluding tert-OH is 1. The van der Waals surface area contributed by atoms with E-state index in [-0.39, 0.29) is 12.5 Å². The summed E-state index contributed by atoms with van der Waals surface area (Å²) in [6.45, 7) is 6.68. The Kier molecular flexibility index (Phi) is 4.97. The topological polar surface area (TPSA) is 20.2 Å². The molecule has 1 atom stereocenters. The van der Waals surface area contributed by atoms with Crippen LogP contribution in [0.25, 0.3) is 0 Å². The monoisotopic (exact) mass is 268 g/mol. The van der Waals surface area contributed by atoms with Crippen LogP contribution in [0.15, 0.2) is 48.5 Å². The minimum absolute atomic E-state index is 0.180. The van der Waals surface area contributed by atoms with Crippen molar-refractivity contribution in [3.63, 3.8) is 0 Å². The van der Waals surface area contributed by atoms with Gasteiger partial charge >= 0.3 is 0 Å². The molecule has 0 aliphatic carbocycles. The van der Waals surface area contributed by atoms with Crippen LogP contribution in [0.4, 0.5) is 0 Å². The predicted octanol–water partition coefficient (Wildman–Crippen LogP) is 4.44. The molecule has 1 nitrogen and oxygen atoms in total. The highest BCUT2D eigenvalue weighted by atomic mass is 16.3. The van der Waals surface area contributed by atoms with E-state index in [0.29, 0.717) is 5.92 Å². The maximum Gasteiger partial charge on any atom is 0.0502 e. The Bertz CT molecular complexity index is 523. The van der Waals surface area contributed by atoms with Crippen LogP contribution in [0.3, 0.4) is 0 Å². The zero-order valence-electron chi connectivity index (χ0n) is 12.6. The number of hydrogen-bond donors (Lipinski definition) is 1. The first-order valence-electron chi connectivity index (χ1n) is 7.36. The van der Waals surface area contributed by atoms with Gasteiger partial charge in [0, 0.05) is 5.92 Å². The molecule has 0 aliphatic rings. The molecular formula is C19H24O. The van der Waals surface area contributed by atoms with E-state index >= 15 is 0 Å². The maximum atomic E-state index is 9.67. The van der Waals surface area contributed by atoms with Gasteiger partial charge in [0.2, 0.25) is 0 Å². The van der Waals surface area contributed by atoms with E-state index in [1.807, 2.05) is 0 Å². The minimum atomic E-state index is 0.180. The predicted molar refractivity (Wildman–Crippen MR) is 85.2 cm³/mol. The lowest BCUT2D eigenvalue weighted by molar-refractivity contribution is 0.264. The first-order valence-corrected chi connectivity index (χ1v) is 7.36. The highest BCUT2D eigenvalue weighted by Crippen LogP contribution is 2.23. The summed E-state index contributed by atoms with van der Waals surface area (Å²) in [5, 5.41) is 9.67. The molecule has 0 amide bonds. The third kappa shape index (κ3) is 3.71. The van der Waals surface area contributed by atoms with Crippen molar-refractivity contribution < 1.29 is 5.11 Å². The van der Waals surface area contributed by atoms with Crippen molar-refractivity contribution in [3.8, 4) is 0 Å². The molecule has 2 aromatic rings. The molecular weight excluding hydrogens is 244 g/mol. The lowest BCUT2D eigenvalue weighted by Gasteiger charge is -2.16. The summed E-state index contributed by atoms with van der Waals surface area (Å²) < 4.78 is 0. The Morgan fingerprint density at radius 2 is 1.40 bits per heavy atom. The highest BCUT2D eigenvalue weighted by molar-refractivity contribution is 5.30. The van der Waals surface area contributed by atoms with Gasteiger partial charge < -0.3 is 5.11 Å². The fourth-order valence-electron chi connectivity index (χ4n) is 2.45. The summed E-state index contributed by atoms with van der Waals surface area (Å²) in [6.07, 6.45) is 0.887. The van der Waals surface area contributed by atoms with Crippen LogP contribution >= 0.6 is 0 Å². The molecule has 0 saturated heterocycles. The molecule has 2 aromatic carbocycles. The van der Waals surface area contributed by atoms with Gasteiger partial charge in [-0.3, -0.25) is 0 Å². The number of benzene rings is 2. The van der Waals surface area contributed by atoms with E-state index in [9.17, 15) is 5.11 Å². The molecule has 0 bridgehead atoms. The smallest absolute Gasteiger partial charge is 0.0502 e. The van der Waals surface area contributed by atoms with Gasteiger partial charge in [-0.05, 0) is 36.0 Å². The Hall–Kier alpha value is -1.60. The second-order valence-corrected chi connectivity index (χ2v) is 5.89. The van der Waals surface area contributed by atoms with Crippen LogP contribution in [0.1, 0.15) is 47.9 Å². The van der Waals surface area contributed by atoms with E-state index in [2.05, 4.69) is 69.3 Å². The van der Waals surface area contributed by atoms with Crippen LogP contribution in [0.2, 0.25) is 0 Å². The molecule has 0 aromatic heterocycles. The lowest BCUT2D eigenvalue weighted by atomic mass is 9.90. The fraction of sp³-hybridized carbons (Fsp3) is 0.368. The highest BCUT2D eigenvalue weighted by Gasteiger charge is 2.11. The summed E-state index contributed by atoms with van der Waals surface area (Å²) in [6, 6.07) is 17.2. The van der Waals surface area contributed by atoms with Gasteiger partial charge in [-0.25, -0.2) is 0 Å². The third-order valence-corrected chi connectivity index (χ3v) is 3.90. The zero-order chi connectivity index (χ0) is 14.5. The van der Waals surface area contributed by atoms with Crippen molar-refractivity contribution in [3.05, 3.63) is 70.8 Å². The van der Waals surface area contributed by atoms with Gasteiger partial charge in [-0.15, -0.1) is 0 Å². The summed E-state index contributed by atoms with van der Waals surface area (Å²) in [7, 11) is 0. The van der Waals surface area contributed by atoms with Crippen molar-refractivity contribution in [1.29, 1.82) is 0 Å². The van der Waals surface area contributed by atoms with Crippen LogP contribution in [0.5, 0.6) is 0 Å². The van der Waals surface area contributed by atoms with E-state index < -0.39 is 0 Å². The first-order chi connectivity index (χ1) is 9.60. The van der Waals surface area contributed by atoms with Crippen LogP contribution in [0, 0.1) is 6.92 Å². The molecule has 0 heterocycles. The molecule has 20 heavy (non-hydrogen) atoms. The van der Waals surface area contributed by atoms with E-state index in [4.69, 9.17) is 0 Å². The summed E-state index contributed by atoms with van der Waals surface area (Å²) >= 11 is 0. The van der Waals surface area contributed by atoms with Crippen molar-refractivity contribution in [2.45, 2.75) is 39.0 Å². The maximum absolute atomic E-state index is 9.67. The standard InChI is InChI=1S/C19H24O/c1-14(2)17-8-10-18(11-9-17)19(13-20)12-16-6-4-15(3)5-7-16/h4-11,14,19-20H,12-13H2,1-3H3. The number of rotatable bonds is 5. The molecule has 106 valence electrons. The van der Waals surface area contributed by atoms with Crippen molar-refractivity contribution in [2.24, 2.45) is 0 Å². The Morgan fingerprint density at radius 1 is 0.850 bits per heavy atom. The summed E-state index contributed by atoms with van der Waals surface area (Å²) in [4.78, 5) is 0. The van der Waals surface area contributed by atoms with Crippen LogP contribution < -0.4 is 0 Å². The number of aliphatic hydroxyl groups is 1. The van der Waals surface area contributed by atoms with Gasteiger partial charge in [0.25, 0.3) is 0 Å².